The van der Waals surface area contributed by atoms with E-state index in [4.69, 9.17) is 30.5 Å². The zero-order chi connectivity index (χ0) is 22.1. The molecule has 2 aromatic rings. The molecule has 0 amide bonds. The highest BCUT2D eigenvalue weighted by Crippen LogP contribution is 2.33. The van der Waals surface area contributed by atoms with Crippen molar-refractivity contribution in [2.45, 2.75) is 37.6 Å². The maximum atomic E-state index is 10.1. The molecule has 2 N–H and O–H groups in total. The molecule has 0 saturated carbocycles. The van der Waals surface area contributed by atoms with E-state index in [1.165, 1.54) is 0 Å². The van der Waals surface area contributed by atoms with Crippen molar-refractivity contribution in [1.29, 1.82) is 0 Å². The fourth-order valence-corrected chi connectivity index (χ4v) is 3.82. The van der Waals surface area contributed by atoms with Crippen molar-refractivity contribution in [3.63, 3.8) is 0 Å². The SMILES string of the molecule is COCCOCCOc1ccc(Cc2cc([C@@H]3CC(O)CC(CO)O3)ccc2Cl)cc1. The number of rotatable bonds is 11. The molecule has 0 bridgehead atoms. The molecule has 1 aliphatic heterocycles. The van der Waals surface area contributed by atoms with Crippen LogP contribution < -0.4 is 4.74 Å². The zero-order valence-corrected chi connectivity index (χ0v) is 18.6. The minimum atomic E-state index is -0.479. The second-order valence-electron chi connectivity index (χ2n) is 7.68. The highest BCUT2D eigenvalue weighted by molar-refractivity contribution is 6.31. The second kappa shape index (κ2) is 12.4. The van der Waals surface area contributed by atoms with Crippen LogP contribution in [0.3, 0.4) is 0 Å². The van der Waals surface area contributed by atoms with Gasteiger partial charge < -0.3 is 29.2 Å². The molecule has 7 heteroatoms. The number of aliphatic hydroxyl groups excluding tert-OH is 2. The largest absolute Gasteiger partial charge is 0.491 e. The van der Waals surface area contributed by atoms with Gasteiger partial charge in [0.15, 0.2) is 0 Å². The Bertz CT molecular complexity index is 797. The van der Waals surface area contributed by atoms with E-state index in [-0.39, 0.29) is 18.8 Å². The second-order valence-corrected chi connectivity index (χ2v) is 8.09. The van der Waals surface area contributed by atoms with Gasteiger partial charge in [0, 0.05) is 25.0 Å². The van der Waals surface area contributed by atoms with Crippen LogP contribution in [0.5, 0.6) is 5.75 Å². The van der Waals surface area contributed by atoms with E-state index in [1.807, 2.05) is 42.5 Å². The molecule has 170 valence electrons. The number of benzene rings is 2. The Kier molecular flexibility index (Phi) is 9.58. The number of ether oxygens (including phenoxy) is 4. The maximum absolute atomic E-state index is 10.1. The van der Waals surface area contributed by atoms with Crippen molar-refractivity contribution in [3.05, 3.63) is 64.2 Å². The third kappa shape index (κ3) is 7.45. The molecule has 1 heterocycles. The number of methoxy groups -OCH3 is 1. The number of aliphatic hydroxyl groups is 2. The van der Waals surface area contributed by atoms with Crippen LogP contribution in [0.25, 0.3) is 0 Å². The first kappa shape index (κ1) is 24.0. The minimum absolute atomic E-state index is 0.0955. The van der Waals surface area contributed by atoms with Gasteiger partial charge in [0.25, 0.3) is 0 Å². The van der Waals surface area contributed by atoms with Gasteiger partial charge in [0.05, 0.1) is 44.7 Å². The summed E-state index contributed by atoms with van der Waals surface area (Å²) >= 11 is 6.44. The van der Waals surface area contributed by atoms with Crippen LogP contribution >= 0.6 is 11.6 Å². The van der Waals surface area contributed by atoms with Crippen molar-refractivity contribution in [2.75, 3.05) is 40.1 Å². The quantitative estimate of drug-likeness (QED) is 0.510. The highest BCUT2D eigenvalue weighted by atomic mass is 35.5. The lowest BCUT2D eigenvalue weighted by Crippen LogP contribution is -2.33. The smallest absolute Gasteiger partial charge is 0.119 e. The van der Waals surface area contributed by atoms with E-state index in [0.29, 0.717) is 50.7 Å². The van der Waals surface area contributed by atoms with E-state index in [9.17, 15) is 10.2 Å². The monoisotopic (exact) mass is 450 g/mol. The minimum Gasteiger partial charge on any atom is -0.491 e. The highest BCUT2D eigenvalue weighted by Gasteiger charge is 2.29. The Hall–Kier alpha value is -1.67. The van der Waals surface area contributed by atoms with E-state index < -0.39 is 6.10 Å². The molecule has 2 aromatic carbocycles. The number of halogens is 1. The first-order valence-corrected chi connectivity index (χ1v) is 11.0. The zero-order valence-electron chi connectivity index (χ0n) is 17.8. The van der Waals surface area contributed by atoms with E-state index in [0.717, 1.165) is 22.4 Å². The summed E-state index contributed by atoms with van der Waals surface area (Å²) in [5.74, 6) is 0.790. The summed E-state index contributed by atoms with van der Waals surface area (Å²) in [5.41, 5.74) is 3.06. The van der Waals surface area contributed by atoms with Crippen molar-refractivity contribution in [2.24, 2.45) is 0 Å². The van der Waals surface area contributed by atoms with Crippen molar-refractivity contribution in [1.82, 2.24) is 0 Å². The number of hydrogen-bond acceptors (Lipinski definition) is 6. The standard InChI is InChI=1S/C24H31ClO6/c1-28-8-9-29-10-11-30-21-5-2-17(3-6-21)12-19-13-18(4-7-23(19)25)24-15-20(27)14-22(16-26)31-24/h2-7,13,20,22,24,26-27H,8-12,14-16H2,1H3/t20?,22?,24-/m0/s1. The Morgan fingerprint density at radius 1 is 1.03 bits per heavy atom. The Morgan fingerprint density at radius 3 is 2.55 bits per heavy atom. The Labute approximate surface area is 188 Å². The lowest BCUT2D eigenvalue weighted by atomic mass is 9.94. The fourth-order valence-electron chi connectivity index (χ4n) is 3.64. The summed E-state index contributed by atoms with van der Waals surface area (Å²) in [6.07, 6.45) is 0.573. The van der Waals surface area contributed by atoms with Crippen LogP contribution in [0.4, 0.5) is 0 Å². The molecule has 2 unspecified atom stereocenters. The number of hydrogen-bond donors (Lipinski definition) is 2. The first-order chi connectivity index (χ1) is 15.1. The molecule has 0 aliphatic carbocycles. The average molecular weight is 451 g/mol. The van der Waals surface area contributed by atoms with Crippen molar-refractivity contribution < 1.29 is 29.2 Å². The van der Waals surface area contributed by atoms with Gasteiger partial charge in [0.1, 0.15) is 12.4 Å². The molecule has 1 saturated heterocycles. The molecule has 31 heavy (non-hydrogen) atoms. The molecule has 1 fully saturated rings. The summed E-state index contributed by atoms with van der Waals surface area (Å²) in [6.45, 7) is 2.04. The van der Waals surface area contributed by atoms with Crippen molar-refractivity contribution in [3.8, 4) is 5.75 Å². The molecular formula is C24H31ClO6. The van der Waals surface area contributed by atoms with Crippen LogP contribution in [-0.2, 0) is 20.6 Å². The topological polar surface area (TPSA) is 77.4 Å². The van der Waals surface area contributed by atoms with Gasteiger partial charge in [-0.15, -0.1) is 0 Å². The van der Waals surface area contributed by atoms with Crippen LogP contribution in [0.15, 0.2) is 42.5 Å². The van der Waals surface area contributed by atoms with Gasteiger partial charge in [-0.1, -0.05) is 35.9 Å². The van der Waals surface area contributed by atoms with Gasteiger partial charge in [0.2, 0.25) is 0 Å². The first-order valence-electron chi connectivity index (χ1n) is 10.6. The molecule has 1 aliphatic rings. The Morgan fingerprint density at radius 2 is 1.81 bits per heavy atom. The van der Waals surface area contributed by atoms with Gasteiger partial charge in [-0.2, -0.15) is 0 Å². The predicted octanol–water partition coefficient (Wildman–Crippen LogP) is 3.55. The van der Waals surface area contributed by atoms with Crippen LogP contribution in [0.2, 0.25) is 5.02 Å². The summed E-state index contributed by atoms with van der Waals surface area (Å²) in [6, 6.07) is 13.7. The molecule has 3 atom stereocenters. The van der Waals surface area contributed by atoms with Crippen LogP contribution in [0, 0.1) is 0 Å². The summed E-state index contributed by atoms with van der Waals surface area (Å²) in [4.78, 5) is 0. The van der Waals surface area contributed by atoms with Gasteiger partial charge in [-0.05, 0) is 41.3 Å². The van der Waals surface area contributed by atoms with E-state index in [1.54, 1.807) is 7.11 Å². The third-order valence-corrected chi connectivity index (χ3v) is 5.64. The summed E-state index contributed by atoms with van der Waals surface area (Å²) in [7, 11) is 1.64. The maximum Gasteiger partial charge on any atom is 0.119 e. The molecule has 0 radical (unpaired) electrons. The summed E-state index contributed by atoms with van der Waals surface area (Å²) < 4.78 is 21.9. The van der Waals surface area contributed by atoms with E-state index >= 15 is 0 Å². The van der Waals surface area contributed by atoms with Gasteiger partial charge in [-0.3, -0.25) is 0 Å². The molecule has 0 aromatic heterocycles. The molecular weight excluding hydrogens is 420 g/mol. The van der Waals surface area contributed by atoms with Gasteiger partial charge >= 0.3 is 0 Å². The molecule has 6 nitrogen and oxygen atoms in total. The Balaban J connectivity index is 1.57. The van der Waals surface area contributed by atoms with Crippen molar-refractivity contribution >= 4 is 11.6 Å². The normalized spacial score (nSPS) is 21.2. The molecule has 3 rings (SSSR count). The third-order valence-electron chi connectivity index (χ3n) is 5.27. The summed E-state index contributed by atoms with van der Waals surface area (Å²) in [5, 5.41) is 20.2. The van der Waals surface area contributed by atoms with Crippen LogP contribution in [0.1, 0.15) is 35.6 Å². The molecule has 0 spiro atoms. The fraction of sp³-hybridized carbons (Fsp3) is 0.500. The average Bonchev–Trinajstić information content (AvgIpc) is 2.78. The predicted molar refractivity (Wildman–Crippen MR) is 119 cm³/mol. The van der Waals surface area contributed by atoms with Crippen LogP contribution in [-0.4, -0.2) is 62.6 Å². The lowest BCUT2D eigenvalue weighted by Gasteiger charge is -2.32. The lowest BCUT2D eigenvalue weighted by molar-refractivity contribution is -0.113. The van der Waals surface area contributed by atoms with Gasteiger partial charge in [-0.25, -0.2) is 0 Å². The van der Waals surface area contributed by atoms with E-state index in [2.05, 4.69) is 0 Å².